The zero-order chi connectivity index (χ0) is 54.8. The highest BCUT2D eigenvalue weighted by atomic mass is 16.5. The Morgan fingerprint density at radius 3 is 1.42 bits per heavy atom. The number of hydrogen-bond donors (Lipinski definition) is 9. The quantitative estimate of drug-likeness (QED) is 0.0517. The summed E-state index contributed by atoms with van der Waals surface area (Å²) in [7, 11) is 0. The van der Waals surface area contributed by atoms with E-state index in [0.717, 1.165) is 38.5 Å². The second-order valence-electron chi connectivity index (χ2n) is 21.8. The summed E-state index contributed by atoms with van der Waals surface area (Å²) < 4.78 is 6.07. The van der Waals surface area contributed by atoms with Crippen LogP contribution in [0.15, 0.2) is 0 Å². The molecule has 0 radical (unpaired) electrons. The van der Waals surface area contributed by atoms with Crippen LogP contribution in [0.5, 0.6) is 0 Å². The number of esters is 1. The molecule has 1 saturated heterocycles. The van der Waals surface area contributed by atoms with Crippen molar-refractivity contribution in [2.45, 2.75) is 234 Å². The fourth-order valence-corrected chi connectivity index (χ4v) is 8.37. The molecule has 10 N–H and O–H groups in total. The van der Waals surface area contributed by atoms with Crippen LogP contribution in [0.3, 0.4) is 0 Å². The maximum absolute atomic E-state index is 14.3. The Labute approximate surface area is 428 Å². The molecule has 8 amide bonds. The van der Waals surface area contributed by atoms with Gasteiger partial charge in [0.1, 0.15) is 48.4 Å². The van der Waals surface area contributed by atoms with Crippen LogP contribution in [0.25, 0.3) is 0 Å². The number of unbranched alkanes of at least 4 members (excludes halogenated alkanes) is 5. The van der Waals surface area contributed by atoms with E-state index in [1.807, 2.05) is 27.7 Å². The van der Waals surface area contributed by atoms with Crippen LogP contribution in [-0.4, -0.2) is 113 Å². The van der Waals surface area contributed by atoms with Crippen LogP contribution in [0.2, 0.25) is 0 Å². The first-order valence-corrected chi connectivity index (χ1v) is 26.5. The van der Waals surface area contributed by atoms with Gasteiger partial charge in [0, 0.05) is 6.42 Å². The molecule has 0 aliphatic carbocycles. The largest absolute Gasteiger partial charge is 0.481 e. The molecule has 1 heterocycles. The van der Waals surface area contributed by atoms with Crippen molar-refractivity contribution in [3.05, 3.63) is 0 Å². The molecule has 0 aromatic rings. The third-order valence-electron chi connectivity index (χ3n) is 12.6. The van der Waals surface area contributed by atoms with Crippen molar-refractivity contribution in [1.29, 1.82) is 0 Å². The summed E-state index contributed by atoms with van der Waals surface area (Å²) in [5.41, 5.74) is 5.49. The van der Waals surface area contributed by atoms with Gasteiger partial charge in [-0.25, -0.2) is 4.79 Å². The second kappa shape index (κ2) is 33.4. The van der Waals surface area contributed by atoms with E-state index in [2.05, 4.69) is 51.1 Å². The number of hydrogen-bond acceptors (Lipinski definition) is 11. The fraction of sp³-hybridized carbons (Fsp3) is 0.808. The lowest BCUT2D eigenvalue weighted by atomic mass is 9.97. The Hall–Kier alpha value is -5.30. The number of aliphatic carboxylic acids is 1. The van der Waals surface area contributed by atoms with Gasteiger partial charge in [0.05, 0.1) is 12.8 Å². The number of rotatable bonds is 23. The van der Waals surface area contributed by atoms with Crippen LogP contribution in [0, 0.1) is 35.5 Å². The number of ether oxygens (including phenoxy) is 1. The molecule has 1 aliphatic heterocycles. The van der Waals surface area contributed by atoms with Crippen molar-refractivity contribution >= 4 is 59.2 Å². The van der Waals surface area contributed by atoms with Gasteiger partial charge in [-0.05, 0) is 74.0 Å². The molecule has 0 aromatic carbocycles. The monoisotopic (exact) mass is 1020 g/mol. The summed E-state index contributed by atoms with van der Waals surface area (Å²) in [4.78, 5) is 137. The maximum atomic E-state index is 14.3. The van der Waals surface area contributed by atoms with E-state index >= 15 is 0 Å². The van der Waals surface area contributed by atoms with Crippen molar-refractivity contribution in [3.63, 3.8) is 0 Å². The Balaban J connectivity index is 3.99. The molecule has 0 spiro atoms. The first-order chi connectivity index (χ1) is 33.6. The van der Waals surface area contributed by atoms with Crippen molar-refractivity contribution in [2.24, 2.45) is 41.2 Å². The minimum atomic E-state index is -1.72. The predicted octanol–water partition coefficient (Wildman–Crippen LogP) is 4.05. The molecule has 0 aromatic heterocycles. The van der Waals surface area contributed by atoms with Crippen LogP contribution in [-0.2, 0) is 52.7 Å². The lowest BCUT2D eigenvalue weighted by Crippen LogP contribution is -2.61. The van der Waals surface area contributed by atoms with E-state index in [0.29, 0.717) is 18.8 Å². The van der Waals surface area contributed by atoms with E-state index in [-0.39, 0.29) is 56.3 Å². The summed E-state index contributed by atoms with van der Waals surface area (Å²) in [5.74, 6) is -9.80. The standard InChI is InChI=1S/C52H92N8O12/c1-13-34(12)45-52(71)72-35(21-19-17-15-14-16-18-20-29(2)3)27-42(62)54-36(22-23-41(53)61)46(65)55-37(24-30(4)5)47(66)56-38(25-31(6)7)49(68)59-44(33(10)11)51(70)58-40(28-43(63)64)48(67)57-39(26-32(8)9)50(69)60-45/h29-40,44-45H,13-28H2,1-12H3,(H2,53,61)(H,54,62)(H,55,65)(H,56,66)(H,57,67)(H,58,70)(H,59,68)(H,60,69)(H,63,64)/t34-,35?,36-,37-,38-,39-,40-,44-,45-/m0/s1. The molecule has 1 fully saturated rings. The molecule has 1 rings (SSSR count). The van der Waals surface area contributed by atoms with E-state index in [9.17, 15) is 53.1 Å². The zero-order valence-electron chi connectivity index (χ0n) is 45.4. The van der Waals surface area contributed by atoms with Gasteiger partial charge < -0.3 is 52.8 Å². The van der Waals surface area contributed by atoms with Crippen molar-refractivity contribution in [2.75, 3.05) is 0 Å². The molecule has 0 saturated carbocycles. The number of carbonyl (C=O) groups is 10. The SMILES string of the molecule is CC[C@H](C)[C@@H]1NC(=O)[C@H](CC(C)C)NC(=O)[C@H](CC(=O)O)NC(=O)[C@H](C(C)C)NC(=O)[C@H](CC(C)C)NC(=O)[C@H](CC(C)C)NC(=O)[C@H](CCC(N)=O)NC(=O)CC(CCCCCCCCC(C)C)OC1=O. The molecule has 412 valence electrons. The van der Waals surface area contributed by atoms with Gasteiger partial charge in [-0.2, -0.15) is 0 Å². The number of carboxylic acids is 1. The van der Waals surface area contributed by atoms with E-state index in [1.165, 1.54) is 0 Å². The average molecular weight is 1020 g/mol. The number of carboxylic acid groups (broad SMARTS) is 1. The Morgan fingerprint density at radius 1 is 0.542 bits per heavy atom. The summed E-state index contributed by atoms with van der Waals surface area (Å²) in [5, 5.41) is 28.4. The highest BCUT2D eigenvalue weighted by Crippen LogP contribution is 2.20. The predicted molar refractivity (Wildman–Crippen MR) is 273 cm³/mol. The van der Waals surface area contributed by atoms with Gasteiger partial charge in [0.15, 0.2) is 0 Å². The molecule has 20 nitrogen and oxygen atoms in total. The number of cyclic esters (lactones) is 1. The van der Waals surface area contributed by atoms with Crippen molar-refractivity contribution < 1.29 is 57.8 Å². The molecule has 72 heavy (non-hydrogen) atoms. The number of primary amides is 1. The molecule has 1 aliphatic rings. The van der Waals surface area contributed by atoms with E-state index < -0.39 is 132 Å². The minimum absolute atomic E-state index is 0.0456. The highest BCUT2D eigenvalue weighted by molar-refractivity contribution is 5.98. The second-order valence-corrected chi connectivity index (χ2v) is 21.8. The molecule has 9 atom stereocenters. The number of amides is 8. The van der Waals surface area contributed by atoms with Gasteiger partial charge in [-0.3, -0.25) is 43.2 Å². The van der Waals surface area contributed by atoms with Gasteiger partial charge in [0.25, 0.3) is 0 Å². The molecule has 1 unspecified atom stereocenters. The van der Waals surface area contributed by atoms with Crippen molar-refractivity contribution in [3.8, 4) is 0 Å². The topological polar surface area (TPSA) is 310 Å². The minimum Gasteiger partial charge on any atom is -0.481 e. The first kappa shape index (κ1) is 64.7. The highest BCUT2D eigenvalue weighted by Gasteiger charge is 2.38. The van der Waals surface area contributed by atoms with Gasteiger partial charge in [-0.15, -0.1) is 0 Å². The Kier molecular flexibility index (Phi) is 30.0. The fourth-order valence-electron chi connectivity index (χ4n) is 8.37. The Morgan fingerprint density at radius 2 is 0.972 bits per heavy atom. The number of nitrogens with one attached hydrogen (secondary N) is 7. The molecular formula is C52H92N8O12. The van der Waals surface area contributed by atoms with E-state index in [1.54, 1.807) is 41.5 Å². The van der Waals surface area contributed by atoms with Crippen LogP contribution < -0.4 is 43.0 Å². The zero-order valence-corrected chi connectivity index (χ0v) is 45.4. The number of nitrogens with two attached hydrogens (primary N) is 1. The first-order valence-electron chi connectivity index (χ1n) is 26.5. The summed E-state index contributed by atoms with van der Waals surface area (Å²) in [6.45, 7) is 22.0. The third-order valence-corrected chi connectivity index (χ3v) is 12.6. The molecule has 0 bridgehead atoms. The van der Waals surface area contributed by atoms with Gasteiger partial charge in [-0.1, -0.05) is 128 Å². The van der Waals surface area contributed by atoms with Crippen molar-refractivity contribution in [1.82, 2.24) is 37.2 Å². The molecule has 20 heteroatoms. The smallest absolute Gasteiger partial charge is 0.329 e. The summed E-state index contributed by atoms with van der Waals surface area (Å²) in [6.07, 6.45) is 4.64. The van der Waals surface area contributed by atoms with Crippen LogP contribution in [0.4, 0.5) is 0 Å². The van der Waals surface area contributed by atoms with Crippen LogP contribution >= 0.6 is 0 Å². The normalized spacial score (nSPS) is 24.6. The van der Waals surface area contributed by atoms with Gasteiger partial charge in [0.2, 0.25) is 47.3 Å². The molecular weight excluding hydrogens is 929 g/mol. The summed E-state index contributed by atoms with van der Waals surface area (Å²) >= 11 is 0. The average Bonchev–Trinajstić information content (AvgIpc) is 3.26. The summed E-state index contributed by atoms with van der Waals surface area (Å²) in [6, 6.07) is -9.49. The number of carbonyl (C=O) groups excluding carboxylic acids is 9. The maximum Gasteiger partial charge on any atom is 0.329 e. The lowest BCUT2D eigenvalue weighted by Gasteiger charge is -2.30. The third kappa shape index (κ3) is 25.9. The lowest BCUT2D eigenvalue weighted by molar-refractivity contribution is -0.156. The Bertz CT molecular complexity index is 1790. The van der Waals surface area contributed by atoms with Crippen LogP contribution in [0.1, 0.15) is 186 Å². The van der Waals surface area contributed by atoms with Gasteiger partial charge >= 0.3 is 11.9 Å². The van der Waals surface area contributed by atoms with E-state index in [4.69, 9.17) is 10.5 Å².